The van der Waals surface area contributed by atoms with Crippen molar-refractivity contribution in [3.8, 4) is 0 Å². The van der Waals surface area contributed by atoms with Crippen molar-refractivity contribution < 1.29 is 22.0 Å². The Bertz CT molecular complexity index is 834. The Labute approximate surface area is 132 Å². The van der Waals surface area contributed by atoms with Crippen LogP contribution in [0.25, 0.3) is 0 Å². The van der Waals surface area contributed by atoms with Gasteiger partial charge in [-0.1, -0.05) is 0 Å². The van der Waals surface area contributed by atoms with Crippen LogP contribution in [0.15, 0.2) is 47.4 Å². The number of hydrogen-bond donors (Lipinski definition) is 1. The normalized spacial score (nSPS) is 11.5. The summed E-state index contributed by atoms with van der Waals surface area (Å²) in [6.07, 6.45) is 0. The zero-order valence-electron chi connectivity index (χ0n) is 12.4. The fourth-order valence-electron chi connectivity index (χ4n) is 1.78. The molecule has 0 heterocycles. The Balaban J connectivity index is 2.23. The predicted octanol–water partition coefficient (Wildman–Crippen LogP) is 2.47. The van der Waals surface area contributed by atoms with Crippen molar-refractivity contribution in [1.29, 1.82) is 0 Å². The molecule has 0 spiro atoms. The minimum absolute atomic E-state index is 0.0241. The first-order valence-electron chi connectivity index (χ1n) is 6.51. The Morgan fingerprint density at radius 3 is 2.22 bits per heavy atom. The van der Waals surface area contributed by atoms with Crippen LogP contribution in [0.1, 0.15) is 10.4 Å². The number of nitrogens with zero attached hydrogens (tertiary/aromatic N) is 1. The summed E-state index contributed by atoms with van der Waals surface area (Å²) in [6, 6.07) is 7.83. The van der Waals surface area contributed by atoms with Gasteiger partial charge in [0.15, 0.2) is 0 Å². The topological polar surface area (TPSA) is 66.5 Å². The van der Waals surface area contributed by atoms with E-state index in [1.807, 2.05) is 0 Å². The van der Waals surface area contributed by atoms with Gasteiger partial charge < -0.3 is 5.32 Å². The maximum Gasteiger partial charge on any atom is 0.255 e. The summed E-state index contributed by atoms with van der Waals surface area (Å²) in [5.41, 5.74) is -0.175. The summed E-state index contributed by atoms with van der Waals surface area (Å²) in [6.45, 7) is 0. The van der Waals surface area contributed by atoms with Gasteiger partial charge in [-0.05, 0) is 36.4 Å². The molecular formula is C15H14F2N2O3S. The van der Waals surface area contributed by atoms with E-state index in [1.165, 1.54) is 38.4 Å². The van der Waals surface area contributed by atoms with Crippen molar-refractivity contribution >= 4 is 21.6 Å². The molecule has 0 bridgehead atoms. The molecule has 0 aliphatic carbocycles. The second-order valence-corrected chi connectivity index (χ2v) is 7.04. The van der Waals surface area contributed by atoms with E-state index in [2.05, 4.69) is 5.32 Å². The fraction of sp³-hybridized carbons (Fsp3) is 0.133. The number of anilines is 1. The van der Waals surface area contributed by atoms with Crippen molar-refractivity contribution in [3.63, 3.8) is 0 Å². The Kier molecular flexibility index (Phi) is 4.76. The SMILES string of the molecule is CN(C)S(=O)(=O)c1ccc(C(=O)Nc2cc(F)ccc2F)cc1. The molecule has 0 atom stereocenters. The Hall–Kier alpha value is -2.32. The van der Waals surface area contributed by atoms with Crippen LogP contribution in [0, 0.1) is 11.6 Å². The molecule has 0 radical (unpaired) electrons. The van der Waals surface area contributed by atoms with Crippen LogP contribution in [0.3, 0.4) is 0 Å². The lowest BCUT2D eigenvalue weighted by molar-refractivity contribution is 0.102. The van der Waals surface area contributed by atoms with Gasteiger partial charge >= 0.3 is 0 Å². The van der Waals surface area contributed by atoms with Crippen LogP contribution in [0.4, 0.5) is 14.5 Å². The number of nitrogens with one attached hydrogen (secondary N) is 1. The number of carbonyl (C=O) groups is 1. The van der Waals surface area contributed by atoms with Gasteiger partial charge in [0.1, 0.15) is 11.6 Å². The Morgan fingerprint density at radius 2 is 1.65 bits per heavy atom. The van der Waals surface area contributed by atoms with Gasteiger partial charge in [0.2, 0.25) is 10.0 Å². The quantitative estimate of drug-likeness (QED) is 0.930. The van der Waals surface area contributed by atoms with Crippen molar-refractivity contribution in [2.45, 2.75) is 4.90 Å². The number of benzene rings is 2. The third-order valence-corrected chi connectivity index (χ3v) is 4.90. The number of amides is 1. The van der Waals surface area contributed by atoms with Gasteiger partial charge in [-0.15, -0.1) is 0 Å². The fourth-order valence-corrected chi connectivity index (χ4v) is 2.68. The molecule has 2 aromatic carbocycles. The number of sulfonamides is 1. The smallest absolute Gasteiger partial charge is 0.255 e. The van der Waals surface area contributed by atoms with E-state index >= 15 is 0 Å². The highest BCUT2D eigenvalue weighted by molar-refractivity contribution is 7.89. The summed E-state index contributed by atoms with van der Waals surface area (Å²) in [5.74, 6) is -2.14. The maximum atomic E-state index is 13.5. The van der Waals surface area contributed by atoms with Crippen LogP contribution in [0.2, 0.25) is 0 Å². The van der Waals surface area contributed by atoms with E-state index in [4.69, 9.17) is 0 Å². The largest absolute Gasteiger partial charge is 0.319 e. The maximum absolute atomic E-state index is 13.5. The molecule has 0 aromatic heterocycles. The van der Waals surface area contributed by atoms with Crippen LogP contribution < -0.4 is 5.32 Å². The van der Waals surface area contributed by atoms with Gasteiger partial charge in [-0.25, -0.2) is 21.5 Å². The predicted molar refractivity (Wildman–Crippen MR) is 81.6 cm³/mol. The number of hydrogen-bond acceptors (Lipinski definition) is 3. The molecular weight excluding hydrogens is 326 g/mol. The molecule has 8 heteroatoms. The van der Waals surface area contributed by atoms with Crippen LogP contribution in [0.5, 0.6) is 0 Å². The van der Waals surface area contributed by atoms with E-state index in [1.54, 1.807) is 0 Å². The lowest BCUT2D eigenvalue weighted by atomic mass is 10.2. The second-order valence-electron chi connectivity index (χ2n) is 4.89. The van der Waals surface area contributed by atoms with Gasteiger partial charge in [-0.3, -0.25) is 4.79 Å². The molecule has 0 aliphatic rings. The van der Waals surface area contributed by atoms with Crippen molar-refractivity contribution in [1.82, 2.24) is 4.31 Å². The molecule has 2 aromatic rings. The third-order valence-electron chi connectivity index (χ3n) is 3.07. The van der Waals surface area contributed by atoms with Crippen molar-refractivity contribution in [2.24, 2.45) is 0 Å². The summed E-state index contributed by atoms with van der Waals surface area (Å²) in [7, 11) is -0.815. The van der Waals surface area contributed by atoms with E-state index in [0.717, 1.165) is 22.5 Å². The molecule has 122 valence electrons. The molecule has 23 heavy (non-hydrogen) atoms. The summed E-state index contributed by atoms with van der Waals surface area (Å²) < 4.78 is 51.4. The van der Waals surface area contributed by atoms with Crippen molar-refractivity contribution in [3.05, 3.63) is 59.7 Å². The summed E-state index contributed by atoms with van der Waals surface area (Å²) in [5, 5.41) is 2.23. The van der Waals surface area contributed by atoms with Gasteiger partial charge in [0.25, 0.3) is 5.91 Å². The minimum atomic E-state index is -3.60. The first kappa shape index (κ1) is 17.0. The molecule has 0 aliphatic heterocycles. The molecule has 1 amide bonds. The molecule has 5 nitrogen and oxygen atoms in total. The standard InChI is InChI=1S/C15H14F2N2O3S/c1-19(2)23(21,22)12-6-3-10(4-7-12)15(20)18-14-9-11(16)5-8-13(14)17/h3-9H,1-2H3,(H,18,20). The van der Waals surface area contributed by atoms with E-state index in [9.17, 15) is 22.0 Å². The van der Waals surface area contributed by atoms with Gasteiger partial charge in [0.05, 0.1) is 10.6 Å². The lowest BCUT2D eigenvalue weighted by Crippen LogP contribution is -2.22. The second kappa shape index (κ2) is 6.43. The van der Waals surface area contributed by atoms with E-state index < -0.39 is 27.6 Å². The van der Waals surface area contributed by atoms with Gasteiger partial charge in [0, 0.05) is 25.7 Å². The first-order valence-corrected chi connectivity index (χ1v) is 7.95. The van der Waals surface area contributed by atoms with E-state index in [0.29, 0.717) is 0 Å². The van der Waals surface area contributed by atoms with E-state index in [-0.39, 0.29) is 16.1 Å². The molecule has 0 fully saturated rings. The monoisotopic (exact) mass is 340 g/mol. The number of halogens is 2. The summed E-state index contributed by atoms with van der Waals surface area (Å²) in [4.78, 5) is 12.0. The molecule has 2 rings (SSSR count). The molecule has 0 unspecified atom stereocenters. The zero-order chi connectivity index (χ0) is 17.2. The lowest BCUT2D eigenvalue weighted by Gasteiger charge is -2.12. The van der Waals surface area contributed by atoms with Crippen LogP contribution in [-0.4, -0.2) is 32.7 Å². The minimum Gasteiger partial charge on any atom is -0.319 e. The van der Waals surface area contributed by atoms with Crippen LogP contribution in [-0.2, 0) is 10.0 Å². The average Bonchev–Trinajstić information content (AvgIpc) is 2.50. The zero-order valence-corrected chi connectivity index (χ0v) is 13.2. The highest BCUT2D eigenvalue weighted by Gasteiger charge is 2.18. The Morgan fingerprint density at radius 1 is 1.04 bits per heavy atom. The average molecular weight is 340 g/mol. The molecule has 0 saturated carbocycles. The molecule has 1 N–H and O–H groups in total. The molecule has 0 saturated heterocycles. The number of rotatable bonds is 4. The summed E-state index contributed by atoms with van der Waals surface area (Å²) >= 11 is 0. The van der Waals surface area contributed by atoms with Crippen LogP contribution >= 0.6 is 0 Å². The third kappa shape index (κ3) is 3.72. The highest BCUT2D eigenvalue weighted by Crippen LogP contribution is 2.18. The highest BCUT2D eigenvalue weighted by atomic mass is 32.2. The number of carbonyl (C=O) groups excluding carboxylic acids is 1. The van der Waals surface area contributed by atoms with Crippen molar-refractivity contribution in [2.75, 3.05) is 19.4 Å². The first-order chi connectivity index (χ1) is 10.7. The van der Waals surface area contributed by atoms with Gasteiger partial charge in [-0.2, -0.15) is 0 Å².